The number of esters is 1. The van der Waals surface area contributed by atoms with Crippen molar-refractivity contribution in [3.05, 3.63) is 17.8 Å². The van der Waals surface area contributed by atoms with E-state index in [9.17, 15) is 4.79 Å². The lowest BCUT2D eigenvalue weighted by Gasteiger charge is -2.32. The van der Waals surface area contributed by atoms with Crippen LogP contribution < -0.4 is 10.6 Å². The van der Waals surface area contributed by atoms with Crippen molar-refractivity contribution in [1.29, 1.82) is 0 Å². The summed E-state index contributed by atoms with van der Waals surface area (Å²) in [7, 11) is 1.35. The first kappa shape index (κ1) is 13.6. The molecule has 1 aromatic heterocycles. The van der Waals surface area contributed by atoms with Crippen LogP contribution in [0.25, 0.3) is 0 Å². The number of pyridine rings is 1. The molecule has 104 valence electrons. The number of nitrogens with zero attached hydrogens (tertiary/aromatic N) is 2. The van der Waals surface area contributed by atoms with Crippen molar-refractivity contribution in [1.82, 2.24) is 4.98 Å². The van der Waals surface area contributed by atoms with Gasteiger partial charge in [0.25, 0.3) is 0 Å². The van der Waals surface area contributed by atoms with Gasteiger partial charge in [-0.05, 0) is 31.7 Å². The van der Waals surface area contributed by atoms with E-state index >= 15 is 0 Å². The van der Waals surface area contributed by atoms with Crippen LogP contribution in [0, 0.1) is 5.92 Å². The molecule has 1 heterocycles. The summed E-state index contributed by atoms with van der Waals surface area (Å²) in [5, 5.41) is 0. The zero-order valence-electron chi connectivity index (χ0n) is 11.6. The molecule has 0 aromatic carbocycles. The molecule has 1 aliphatic carbocycles. The molecular formula is C14H21N3O2. The van der Waals surface area contributed by atoms with Gasteiger partial charge in [-0.1, -0.05) is 6.42 Å². The first-order chi connectivity index (χ1) is 9.15. The van der Waals surface area contributed by atoms with Crippen molar-refractivity contribution in [3.63, 3.8) is 0 Å². The zero-order chi connectivity index (χ0) is 13.8. The van der Waals surface area contributed by atoms with Gasteiger partial charge in [0.05, 0.1) is 24.6 Å². The minimum Gasteiger partial charge on any atom is -0.465 e. The summed E-state index contributed by atoms with van der Waals surface area (Å²) < 4.78 is 4.73. The van der Waals surface area contributed by atoms with E-state index in [0.29, 0.717) is 11.3 Å². The Morgan fingerprint density at radius 2 is 2.32 bits per heavy atom. The van der Waals surface area contributed by atoms with E-state index in [1.54, 1.807) is 6.07 Å². The molecule has 1 fully saturated rings. The highest BCUT2D eigenvalue weighted by Crippen LogP contribution is 2.29. The smallest absolute Gasteiger partial charge is 0.340 e. The van der Waals surface area contributed by atoms with Gasteiger partial charge in [-0.3, -0.25) is 0 Å². The van der Waals surface area contributed by atoms with E-state index in [0.717, 1.165) is 24.8 Å². The Balaban J connectivity index is 2.19. The van der Waals surface area contributed by atoms with Gasteiger partial charge in [0.15, 0.2) is 0 Å². The number of nitrogens with two attached hydrogens (primary N) is 1. The third kappa shape index (κ3) is 2.97. The van der Waals surface area contributed by atoms with E-state index in [1.807, 2.05) is 0 Å². The molecule has 19 heavy (non-hydrogen) atoms. The van der Waals surface area contributed by atoms with Gasteiger partial charge in [-0.15, -0.1) is 0 Å². The molecule has 0 aliphatic heterocycles. The van der Waals surface area contributed by atoms with Crippen LogP contribution in [0.3, 0.4) is 0 Å². The van der Waals surface area contributed by atoms with Crippen molar-refractivity contribution in [2.75, 3.05) is 30.8 Å². The van der Waals surface area contributed by atoms with Gasteiger partial charge < -0.3 is 15.4 Å². The topological polar surface area (TPSA) is 68.5 Å². The summed E-state index contributed by atoms with van der Waals surface area (Å²) in [6, 6.07) is 1.73. The number of aromatic nitrogens is 1. The molecule has 2 N–H and O–H groups in total. The minimum atomic E-state index is -0.416. The average Bonchev–Trinajstić information content (AvgIpc) is 2.38. The Hall–Kier alpha value is -1.78. The average molecular weight is 263 g/mol. The monoisotopic (exact) mass is 263 g/mol. The summed E-state index contributed by atoms with van der Waals surface area (Å²) in [6.45, 7) is 3.95. The van der Waals surface area contributed by atoms with E-state index in [1.165, 1.54) is 32.6 Å². The van der Waals surface area contributed by atoms with Crippen LogP contribution in [0.4, 0.5) is 11.5 Å². The van der Waals surface area contributed by atoms with Crippen LogP contribution in [0.15, 0.2) is 12.3 Å². The Labute approximate surface area is 113 Å². The Morgan fingerprint density at radius 1 is 1.58 bits per heavy atom. The van der Waals surface area contributed by atoms with Gasteiger partial charge >= 0.3 is 5.97 Å². The maximum atomic E-state index is 11.6. The quantitative estimate of drug-likeness (QED) is 0.824. The van der Waals surface area contributed by atoms with Crippen LogP contribution in [-0.2, 0) is 4.74 Å². The highest BCUT2D eigenvalue weighted by Gasteiger charge is 2.22. The summed E-state index contributed by atoms with van der Waals surface area (Å²) >= 11 is 0. The fourth-order valence-corrected chi connectivity index (χ4v) is 2.29. The highest BCUT2D eigenvalue weighted by atomic mass is 16.5. The molecule has 0 saturated heterocycles. The maximum absolute atomic E-state index is 11.6. The number of hydrogen-bond acceptors (Lipinski definition) is 5. The molecule has 5 heteroatoms. The minimum absolute atomic E-state index is 0.357. The van der Waals surface area contributed by atoms with Gasteiger partial charge in [0.1, 0.15) is 5.82 Å². The first-order valence-corrected chi connectivity index (χ1v) is 6.74. The number of nitrogen functional groups attached to an aromatic ring is 1. The molecule has 1 aliphatic rings. The van der Waals surface area contributed by atoms with Gasteiger partial charge in [-0.25, -0.2) is 9.78 Å². The fourth-order valence-electron chi connectivity index (χ4n) is 2.29. The fraction of sp³-hybridized carbons (Fsp3) is 0.571. The standard InChI is InChI=1S/C14H21N3O2/c1-3-17(9-10-5-4-6-10)13-7-11(14(18)19-2)12(15)8-16-13/h7-8,10H,3-6,9,15H2,1-2H3. The van der Waals surface area contributed by atoms with Crippen LogP contribution in [0.5, 0.6) is 0 Å². The van der Waals surface area contributed by atoms with Crippen molar-refractivity contribution in [2.24, 2.45) is 5.92 Å². The molecule has 0 radical (unpaired) electrons. The van der Waals surface area contributed by atoms with Crippen molar-refractivity contribution < 1.29 is 9.53 Å². The lowest BCUT2D eigenvalue weighted by atomic mass is 9.85. The summed E-state index contributed by atoms with van der Waals surface area (Å²) in [5.74, 6) is 1.13. The lowest BCUT2D eigenvalue weighted by Crippen LogP contribution is -2.33. The van der Waals surface area contributed by atoms with Gasteiger partial charge in [-0.2, -0.15) is 0 Å². The molecule has 0 atom stereocenters. The van der Waals surface area contributed by atoms with Gasteiger partial charge in [0, 0.05) is 13.1 Å². The van der Waals surface area contributed by atoms with E-state index < -0.39 is 5.97 Å². The third-order valence-electron chi connectivity index (χ3n) is 3.73. The maximum Gasteiger partial charge on any atom is 0.340 e. The highest BCUT2D eigenvalue weighted by molar-refractivity contribution is 5.95. The molecule has 0 spiro atoms. The van der Waals surface area contributed by atoms with E-state index in [2.05, 4.69) is 16.8 Å². The SMILES string of the molecule is CCN(CC1CCC1)c1cc(C(=O)OC)c(N)cn1. The third-order valence-corrected chi connectivity index (χ3v) is 3.73. The Kier molecular flexibility index (Phi) is 4.24. The number of rotatable bonds is 5. The number of methoxy groups -OCH3 is 1. The molecule has 5 nitrogen and oxygen atoms in total. The lowest BCUT2D eigenvalue weighted by molar-refractivity contribution is 0.0602. The van der Waals surface area contributed by atoms with Crippen LogP contribution >= 0.6 is 0 Å². The van der Waals surface area contributed by atoms with E-state index in [4.69, 9.17) is 10.5 Å². The predicted octanol–water partition coefficient (Wildman–Crippen LogP) is 2.08. The number of hydrogen-bond donors (Lipinski definition) is 1. The largest absolute Gasteiger partial charge is 0.465 e. The molecule has 0 bridgehead atoms. The predicted molar refractivity (Wildman–Crippen MR) is 75.2 cm³/mol. The van der Waals surface area contributed by atoms with Crippen molar-refractivity contribution in [2.45, 2.75) is 26.2 Å². The molecular weight excluding hydrogens is 242 g/mol. The Morgan fingerprint density at radius 3 is 2.84 bits per heavy atom. The molecule has 1 saturated carbocycles. The van der Waals surface area contributed by atoms with Crippen LogP contribution in [0.1, 0.15) is 36.5 Å². The Bertz CT molecular complexity index is 458. The second kappa shape index (κ2) is 5.91. The second-order valence-electron chi connectivity index (χ2n) is 4.96. The number of carbonyl (C=O) groups excluding carboxylic acids is 1. The summed E-state index contributed by atoms with van der Waals surface area (Å²) in [5.41, 5.74) is 6.51. The van der Waals surface area contributed by atoms with Gasteiger partial charge in [0.2, 0.25) is 0 Å². The second-order valence-corrected chi connectivity index (χ2v) is 4.96. The van der Waals surface area contributed by atoms with Crippen LogP contribution in [0.2, 0.25) is 0 Å². The number of carbonyl (C=O) groups is 1. The molecule has 0 amide bonds. The zero-order valence-corrected chi connectivity index (χ0v) is 11.6. The molecule has 1 aromatic rings. The molecule has 0 unspecified atom stereocenters. The number of ether oxygens (including phenoxy) is 1. The normalized spacial score (nSPS) is 14.8. The van der Waals surface area contributed by atoms with Crippen molar-refractivity contribution >= 4 is 17.5 Å². The van der Waals surface area contributed by atoms with Crippen LogP contribution in [-0.4, -0.2) is 31.2 Å². The summed E-state index contributed by atoms with van der Waals surface area (Å²) in [4.78, 5) is 18.2. The summed E-state index contributed by atoms with van der Waals surface area (Å²) in [6.07, 6.45) is 5.43. The number of anilines is 2. The van der Waals surface area contributed by atoms with E-state index in [-0.39, 0.29) is 0 Å². The molecule has 2 rings (SSSR count). The van der Waals surface area contributed by atoms with Crippen molar-refractivity contribution in [3.8, 4) is 0 Å². The first-order valence-electron chi connectivity index (χ1n) is 6.74.